The molecule has 1 aromatic heterocycles. The Kier molecular flexibility index (Phi) is 8.42. The molecular weight excluding hydrogens is 314 g/mol. The van der Waals surface area contributed by atoms with Crippen LogP contribution in [0, 0.1) is 0 Å². The molecule has 1 N–H and O–H groups in total. The Labute approximate surface area is 128 Å². The van der Waals surface area contributed by atoms with Gasteiger partial charge in [0.05, 0.1) is 6.42 Å². The fraction of sp³-hybridized carbons (Fsp3) is 0.583. The summed E-state index contributed by atoms with van der Waals surface area (Å²) in [7, 11) is 0. The normalized spacial score (nSPS) is 17.8. The van der Waals surface area contributed by atoms with Crippen molar-refractivity contribution in [2.24, 2.45) is 0 Å². The molecule has 2 heterocycles. The molecule has 1 fully saturated rings. The van der Waals surface area contributed by atoms with E-state index in [2.05, 4.69) is 10.3 Å². The van der Waals surface area contributed by atoms with Crippen molar-refractivity contribution in [1.82, 2.24) is 15.2 Å². The van der Waals surface area contributed by atoms with Gasteiger partial charge in [-0.1, -0.05) is 0 Å². The minimum Gasteiger partial charge on any atom is -0.314 e. The maximum atomic E-state index is 12.7. The van der Waals surface area contributed by atoms with Gasteiger partial charge in [-0.15, -0.1) is 24.8 Å². The second kappa shape index (κ2) is 8.67. The van der Waals surface area contributed by atoms with Crippen molar-refractivity contribution in [2.45, 2.75) is 18.6 Å². The second-order valence-electron chi connectivity index (χ2n) is 4.40. The maximum absolute atomic E-state index is 12.7. The topological polar surface area (TPSA) is 28.2 Å². The molecular formula is C12H18Cl2F3N3. The van der Waals surface area contributed by atoms with Gasteiger partial charge in [0.1, 0.15) is 0 Å². The smallest absolute Gasteiger partial charge is 0.314 e. The fourth-order valence-electron chi connectivity index (χ4n) is 2.26. The summed E-state index contributed by atoms with van der Waals surface area (Å²) in [6.07, 6.45) is -1.88. The van der Waals surface area contributed by atoms with Crippen LogP contribution in [0.15, 0.2) is 24.5 Å². The molecule has 0 amide bonds. The number of nitrogens with zero attached hydrogens (tertiary/aromatic N) is 2. The fourth-order valence-corrected chi connectivity index (χ4v) is 2.26. The Bertz CT molecular complexity index is 370. The first kappa shape index (κ1) is 19.4. The van der Waals surface area contributed by atoms with E-state index >= 15 is 0 Å². The largest absolute Gasteiger partial charge is 0.390 e. The Morgan fingerprint density at radius 2 is 1.70 bits per heavy atom. The summed E-state index contributed by atoms with van der Waals surface area (Å²) in [4.78, 5) is 5.75. The van der Waals surface area contributed by atoms with Gasteiger partial charge in [-0.3, -0.25) is 9.88 Å². The number of piperazine rings is 1. The average Bonchev–Trinajstić information content (AvgIpc) is 2.37. The highest BCUT2D eigenvalue weighted by Gasteiger charge is 2.35. The molecule has 1 saturated heterocycles. The van der Waals surface area contributed by atoms with Crippen LogP contribution in [0.25, 0.3) is 0 Å². The lowest BCUT2D eigenvalue weighted by atomic mass is 10.0. The average molecular weight is 332 g/mol. The zero-order valence-corrected chi connectivity index (χ0v) is 12.4. The van der Waals surface area contributed by atoms with E-state index in [1.165, 1.54) is 0 Å². The van der Waals surface area contributed by atoms with E-state index in [9.17, 15) is 13.2 Å². The quantitative estimate of drug-likeness (QED) is 0.923. The molecule has 20 heavy (non-hydrogen) atoms. The highest BCUT2D eigenvalue weighted by atomic mass is 35.5. The molecule has 0 saturated carbocycles. The molecule has 1 aromatic rings. The minimum atomic E-state index is -4.15. The third-order valence-electron chi connectivity index (χ3n) is 3.11. The summed E-state index contributed by atoms with van der Waals surface area (Å²) in [5.41, 5.74) is 0.684. The highest BCUT2D eigenvalue weighted by molar-refractivity contribution is 5.85. The molecule has 0 aliphatic carbocycles. The molecule has 1 aliphatic rings. The number of hydrogen-bond acceptors (Lipinski definition) is 3. The Balaban J connectivity index is 0.00000180. The van der Waals surface area contributed by atoms with Gasteiger partial charge in [-0.25, -0.2) is 0 Å². The lowest BCUT2D eigenvalue weighted by Crippen LogP contribution is -2.46. The molecule has 1 aliphatic heterocycles. The van der Waals surface area contributed by atoms with Crippen molar-refractivity contribution < 1.29 is 13.2 Å². The number of hydrogen-bond donors (Lipinski definition) is 1. The van der Waals surface area contributed by atoms with Gasteiger partial charge in [0.15, 0.2) is 0 Å². The summed E-state index contributed by atoms with van der Waals surface area (Å²) >= 11 is 0. The molecule has 3 nitrogen and oxygen atoms in total. The van der Waals surface area contributed by atoms with Gasteiger partial charge in [0.2, 0.25) is 0 Å². The number of rotatable bonds is 3. The van der Waals surface area contributed by atoms with E-state index in [-0.39, 0.29) is 24.8 Å². The molecule has 0 radical (unpaired) electrons. The zero-order chi connectivity index (χ0) is 13.0. The van der Waals surface area contributed by atoms with Crippen LogP contribution in [0.4, 0.5) is 13.2 Å². The first-order valence-electron chi connectivity index (χ1n) is 5.98. The van der Waals surface area contributed by atoms with Gasteiger partial charge in [-0.05, 0) is 17.7 Å². The Morgan fingerprint density at radius 3 is 2.20 bits per heavy atom. The molecule has 8 heteroatoms. The van der Waals surface area contributed by atoms with E-state index in [0.29, 0.717) is 18.7 Å². The van der Waals surface area contributed by atoms with E-state index < -0.39 is 18.6 Å². The standard InChI is InChI=1S/C12H16F3N3.2ClH/c13-12(14,15)9-11(10-1-3-16-4-2-10)18-7-5-17-6-8-18;;/h1-4,11,17H,5-9H2;2*1H/t11-;;/m0../s1. The molecule has 0 aromatic carbocycles. The summed E-state index contributed by atoms with van der Waals surface area (Å²) in [6, 6.07) is 2.73. The lowest BCUT2D eigenvalue weighted by molar-refractivity contribution is -0.148. The van der Waals surface area contributed by atoms with Crippen molar-refractivity contribution in [3.05, 3.63) is 30.1 Å². The zero-order valence-electron chi connectivity index (χ0n) is 10.8. The van der Waals surface area contributed by atoms with Crippen LogP contribution in [0.3, 0.4) is 0 Å². The van der Waals surface area contributed by atoms with Crippen LogP contribution in [0.1, 0.15) is 18.0 Å². The Morgan fingerprint density at radius 1 is 1.15 bits per heavy atom. The van der Waals surface area contributed by atoms with Crippen LogP contribution < -0.4 is 5.32 Å². The number of alkyl halides is 3. The van der Waals surface area contributed by atoms with Gasteiger partial charge in [0.25, 0.3) is 0 Å². The Hall–Kier alpha value is -0.560. The first-order chi connectivity index (χ1) is 8.56. The molecule has 0 spiro atoms. The molecule has 2 rings (SSSR count). The first-order valence-corrected chi connectivity index (χ1v) is 5.98. The van der Waals surface area contributed by atoms with E-state index in [0.717, 1.165) is 13.1 Å². The predicted molar refractivity (Wildman–Crippen MR) is 76.6 cm³/mol. The number of pyridine rings is 1. The minimum absolute atomic E-state index is 0. The maximum Gasteiger partial charge on any atom is 0.390 e. The number of halogens is 5. The predicted octanol–water partition coefficient (Wildman–Crippen LogP) is 2.82. The van der Waals surface area contributed by atoms with Crippen molar-refractivity contribution in [3.8, 4) is 0 Å². The second-order valence-corrected chi connectivity index (χ2v) is 4.40. The summed E-state index contributed by atoms with van der Waals surface area (Å²) < 4.78 is 38.1. The molecule has 0 unspecified atom stereocenters. The molecule has 0 bridgehead atoms. The SMILES string of the molecule is Cl.Cl.FC(F)(F)C[C@@H](c1ccncc1)N1CCNCC1. The van der Waals surface area contributed by atoms with Gasteiger partial charge < -0.3 is 5.32 Å². The monoisotopic (exact) mass is 331 g/mol. The van der Waals surface area contributed by atoms with Gasteiger partial charge in [-0.2, -0.15) is 13.2 Å². The van der Waals surface area contributed by atoms with Crippen LogP contribution in [-0.4, -0.2) is 42.2 Å². The van der Waals surface area contributed by atoms with Crippen LogP contribution in [0.5, 0.6) is 0 Å². The van der Waals surface area contributed by atoms with Gasteiger partial charge in [0, 0.05) is 44.6 Å². The van der Waals surface area contributed by atoms with Crippen LogP contribution in [-0.2, 0) is 0 Å². The van der Waals surface area contributed by atoms with E-state index in [1.807, 2.05) is 4.90 Å². The van der Waals surface area contributed by atoms with Crippen LogP contribution in [0.2, 0.25) is 0 Å². The number of aromatic nitrogens is 1. The van der Waals surface area contributed by atoms with Gasteiger partial charge >= 0.3 is 6.18 Å². The summed E-state index contributed by atoms with van der Waals surface area (Å²) in [5.74, 6) is 0. The number of nitrogens with one attached hydrogen (secondary N) is 1. The van der Waals surface area contributed by atoms with E-state index in [1.54, 1.807) is 24.5 Å². The third-order valence-corrected chi connectivity index (χ3v) is 3.11. The third kappa shape index (κ3) is 5.83. The van der Waals surface area contributed by atoms with Crippen molar-refractivity contribution in [1.29, 1.82) is 0 Å². The molecule has 116 valence electrons. The van der Waals surface area contributed by atoms with Crippen molar-refractivity contribution >= 4 is 24.8 Å². The molecule has 1 atom stereocenters. The summed E-state index contributed by atoms with van der Waals surface area (Å²) in [6.45, 7) is 2.75. The highest BCUT2D eigenvalue weighted by Crippen LogP contribution is 2.33. The van der Waals surface area contributed by atoms with Crippen molar-refractivity contribution in [3.63, 3.8) is 0 Å². The van der Waals surface area contributed by atoms with Crippen molar-refractivity contribution in [2.75, 3.05) is 26.2 Å². The van der Waals surface area contributed by atoms with E-state index in [4.69, 9.17) is 0 Å². The van der Waals surface area contributed by atoms with Crippen LogP contribution >= 0.6 is 24.8 Å². The summed E-state index contributed by atoms with van der Waals surface area (Å²) in [5, 5.41) is 3.15. The lowest BCUT2D eigenvalue weighted by Gasteiger charge is -2.35.